The van der Waals surface area contributed by atoms with Crippen molar-refractivity contribution in [1.82, 2.24) is 4.90 Å². The Bertz CT molecular complexity index is 977. The molecule has 0 bridgehead atoms. The Kier molecular flexibility index (Phi) is 7.44. The quantitative estimate of drug-likeness (QED) is 0.567. The number of carbonyl (C=O) groups is 2. The lowest BCUT2D eigenvalue weighted by molar-refractivity contribution is -0.137. The van der Waals surface area contributed by atoms with Gasteiger partial charge in [-0.15, -0.1) is 0 Å². The van der Waals surface area contributed by atoms with E-state index in [0.717, 1.165) is 0 Å². The maximum Gasteiger partial charge on any atom is 0.266 e. The summed E-state index contributed by atoms with van der Waals surface area (Å²) in [7, 11) is 0. The maximum absolute atomic E-state index is 12.3. The van der Waals surface area contributed by atoms with Crippen LogP contribution in [-0.4, -0.2) is 49.6 Å². The summed E-state index contributed by atoms with van der Waals surface area (Å²) in [5, 5.41) is 12.5. The largest absolute Gasteiger partial charge is 0.484 e. The van der Waals surface area contributed by atoms with Gasteiger partial charge in [-0.05, 0) is 42.0 Å². The van der Waals surface area contributed by atoms with E-state index in [2.05, 4.69) is 5.32 Å². The van der Waals surface area contributed by atoms with Gasteiger partial charge in [0.15, 0.2) is 6.61 Å². The molecular weight excluding hydrogens is 406 g/mol. The van der Waals surface area contributed by atoms with Gasteiger partial charge in [0.2, 0.25) is 0 Å². The normalized spacial score (nSPS) is 14.0. The van der Waals surface area contributed by atoms with Crippen LogP contribution in [0.5, 0.6) is 5.75 Å². The minimum atomic E-state index is -0.531. The fourth-order valence-electron chi connectivity index (χ4n) is 2.79. The lowest BCUT2D eigenvalue weighted by Gasteiger charge is -2.26. The van der Waals surface area contributed by atoms with E-state index < -0.39 is 5.91 Å². The third-order valence-corrected chi connectivity index (χ3v) is 4.60. The molecular formula is C22H20ClN3O4. The van der Waals surface area contributed by atoms with Gasteiger partial charge in [-0.25, -0.2) is 0 Å². The van der Waals surface area contributed by atoms with Crippen molar-refractivity contribution < 1.29 is 19.1 Å². The average Bonchev–Trinajstić information content (AvgIpc) is 2.77. The van der Waals surface area contributed by atoms with E-state index in [1.165, 1.54) is 6.08 Å². The van der Waals surface area contributed by atoms with E-state index in [1.807, 2.05) is 6.07 Å². The minimum absolute atomic E-state index is 0.0499. The van der Waals surface area contributed by atoms with Crippen molar-refractivity contribution in [2.75, 3.05) is 38.2 Å². The van der Waals surface area contributed by atoms with Crippen molar-refractivity contribution >= 4 is 35.2 Å². The summed E-state index contributed by atoms with van der Waals surface area (Å²) in [5.41, 5.74) is 1.10. The minimum Gasteiger partial charge on any atom is -0.484 e. The summed E-state index contributed by atoms with van der Waals surface area (Å²) in [4.78, 5) is 26.2. The Balaban J connectivity index is 1.58. The molecule has 1 aliphatic rings. The molecule has 1 N–H and O–H groups in total. The van der Waals surface area contributed by atoms with Crippen molar-refractivity contribution in [2.24, 2.45) is 0 Å². The second kappa shape index (κ2) is 10.4. The first-order valence-electron chi connectivity index (χ1n) is 9.32. The van der Waals surface area contributed by atoms with Gasteiger partial charge in [-0.2, -0.15) is 5.26 Å². The Hall–Kier alpha value is -3.34. The molecule has 0 unspecified atom stereocenters. The fraction of sp³-hybridized carbons (Fsp3) is 0.227. The van der Waals surface area contributed by atoms with Crippen LogP contribution in [0.2, 0.25) is 5.02 Å². The number of hydrogen-bond acceptors (Lipinski definition) is 5. The number of anilines is 1. The number of halogens is 1. The molecule has 0 aromatic heterocycles. The molecule has 2 amide bonds. The summed E-state index contributed by atoms with van der Waals surface area (Å²) in [6.45, 7) is 2.17. The molecule has 8 heteroatoms. The first-order chi connectivity index (χ1) is 14.5. The first kappa shape index (κ1) is 21.4. The Morgan fingerprint density at radius 3 is 2.60 bits per heavy atom. The topological polar surface area (TPSA) is 91.7 Å². The standard InChI is InChI=1S/C22H20ClN3O4/c23-18-2-1-3-19(13-18)25-22(28)17(14-24)12-16-4-6-20(7-5-16)30-15-21(27)26-8-10-29-11-9-26/h1-7,12-13H,8-11,15H2,(H,25,28)/b17-12-. The third-order valence-electron chi connectivity index (χ3n) is 4.36. The molecule has 1 aliphatic heterocycles. The van der Waals surface area contributed by atoms with Crippen LogP contribution in [0.4, 0.5) is 5.69 Å². The van der Waals surface area contributed by atoms with E-state index in [-0.39, 0.29) is 18.1 Å². The zero-order chi connectivity index (χ0) is 21.3. The van der Waals surface area contributed by atoms with E-state index in [0.29, 0.717) is 48.3 Å². The Morgan fingerprint density at radius 2 is 1.93 bits per heavy atom. The first-order valence-corrected chi connectivity index (χ1v) is 9.70. The van der Waals surface area contributed by atoms with Gasteiger partial charge in [0, 0.05) is 23.8 Å². The maximum atomic E-state index is 12.3. The molecule has 7 nitrogen and oxygen atoms in total. The van der Waals surface area contributed by atoms with E-state index in [1.54, 1.807) is 53.4 Å². The van der Waals surface area contributed by atoms with Gasteiger partial charge in [-0.1, -0.05) is 29.8 Å². The highest BCUT2D eigenvalue weighted by Gasteiger charge is 2.17. The molecule has 0 aliphatic carbocycles. The predicted octanol–water partition coefficient (Wildman–Crippen LogP) is 3.12. The summed E-state index contributed by atoms with van der Waals surface area (Å²) in [6, 6.07) is 15.4. The molecule has 1 saturated heterocycles. The van der Waals surface area contributed by atoms with Crippen LogP contribution in [-0.2, 0) is 14.3 Å². The molecule has 1 heterocycles. The third kappa shape index (κ3) is 6.08. The van der Waals surface area contributed by atoms with Crippen LogP contribution in [0.3, 0.4) is 0 Å². The zero-order valence-corrected chi connectivity index (χ0v) is 16.9. The van der Waals surface area contributed by atoms with Crippen LogP contribution in [0.1, 0.15) is 5.56 Å². The highest BCUT2D eigenvalue weighted by molar-refractivity contribution is 6.31. The number of nitrogens with one attached hydrogen (secondary N) is 1. The summed E-state index contributed by atoms with van der Waals surface area (Å²) < 4.78 is 10.8. The van der Waals surface area contributed by atoms with Crippen molar-refractivity contribution in [3.63, 3.8) is 0 Å². The molecule has 2 aromatic rings. The lowest BCUT2D eigenvalue weighted by atomic mass is 10.1. The molecule has 2 aromatic carbocycles. The van der Waals surface area contributed by atoms with E-state index in [4.69, 9.17) is 21.1 Å². The number of amides is 2. The lowest BCUT2D eigenvalue weighted by Crippen LogP contribution is -2.42. The number of benzene rings is 2. The number of carbonyl (C=O) groups excluding carboxylic acids is 2. The van der Waals surface area contributed by atoms with Crippen molar-refractivity contribution in [2.45, 2.75) is 0 Å². The zero-order valence-electron chi connectivity index (χ0n) is 16.1. The van der Waals surface area contributed by atoms with Crippen LogP contribution >= 0.6 is 11.6 Å². The van der Waals surface area contributed by atoms with Crippen LogP contribution in [0, 0.1) is 11.3 Å². The van der Waals surface area contributed by atoms with Gasteiger partial charge in [0.25, 0.3) is 11.8 Å². The van der Waals surface area contributed by atoms with Gasteiger partial charge < -0.3 is 19.7 Å². The average molecular weight is 426 g/mol. The Labute approximate surface area is 179 Å². The van der Waals surface area contributed by atoms with Crippen LogP contribution in [0.15, 0.2) is 54.1 Å². The van der Waals surface area contributed by atoms with Gasteiger partial charge in [-0.3, -0.25) is 9.59 Å². The van der Waals surface area contributed by atoms with Gasteiger partial charge in [0.05, 0.1) is 13.2 Å². The second-order valence-corrected chi connectivity index (χ2v) is 6.92. The van der Waals surface area contributed by atoms with Crippen molar-refractivity contribution in [3.8, 4) is 11.8 Å². The number of hydrogen-bond donors (Lipinski definition) is 1. The van der Waals surface area contributed by atoms with Crippen molar-refractivity contribution in [3.05, 3.63) is 64.7 Å². The predicted molar refractivity (Wildman–Crippen MR) is 113 cm³/mol. The molecule has 1 fully saturated rings. The highest BCUT2D eigenvalue weighted by Crippen LogP contribution is 2.18. The smallest absolute Gasteiger partial charge is 0.266 e. The van der Waals surface area contributed by atoms with Crippen LogP contribution in [0.25, 0.3) is 6.08 Å². The molecule has 30 heavy (non-hydrogen) atoms. The Morgan fingerprint density at radius 1 is 1.20 bits per heavy atom. The summed E-state index contributed by atoms with van der Waals surface area (Å²) in [6.07, 6.45) is 1.47. The number of nitriles is 1. The molecule has 0 spiro atoms. The SMILES string of the molecule is N#C/C(=C/c1ccc(OCC(=O)N2CCOCC2)cc1)C(=O)Nc1cccc(Cl)c1. The number of nitrogens with zero attached hydrogens (tertiary/aromatic N) is 2. The summed E-state index contributed by atoms with van der Waals surface area (Å²) in [5.74, 6) is -0.0985. The molecule has 0 atom stereocenters. The van der Waals surface area contributed by atoms with E-state index >= 15 is 0 Å². The molecule has 0 saturated carbocycles. The van der Waals surface area contributed by atoms with E-state index in [9.17, 15) is 14.9 Å². The molecule has 3 rings (SSSR count). The monoisotopic (exact) mass is 425 g/mol. The molecule has 0 radical (unpaired) electrons. The van der Waals surface area contributed by atoms with Crippen LogP contribution < -0.4 is 10.1 Å². The number of ether oxygens (including phenoxy) is 2. The number of rotatable bonds is 6. The van der Waals surface area contributed by atoms with Gasteiger partial charge >= 0.3 is 0 Å². The highest BCUT2D eigenvalue weighted by atomic mass is 35.5. The number of morpholine rings is 1. The molecule has 154 valence electrons. The van der Waals surface area contributed by atoms with Gasteiger partial charge in [0.1, 0.15) is 17.4 Å². The second-order valence-electron chi connectivity index (χ2n) is 6.49. The summed E-state index contributed by atoms with van der Waals surface area (Å²) >= 11 is 5.90. The fourth-order valence-corrected chi connectivity index (χ4v) is 2.98. The van der Waals surface area contributed by atoms with Crippen molar-refractivity contribution in [1.29, 1.82) is 5.26 Å².